The topological polar surface area (TPSA) is 67.9 Å². The highest BCUT2D eigenvalue weighted by Crippen LogP contribution is 2.06. The van der Waals surface area contributed by atoms with E-state index >= 15 is 0 Å². The zero-order chi connectivity index (χ0) is 14.8. The van der Waals surface area contributed by atoms with Gasteiger partial charge in [0.2, 0.25) is 0 Å². The maximum atomic E-state index is 11.2. The lowest BCUT2D eigenvalue weighted by atomic mass is 10.2. The average Bonchev–Trinajstić information content (AvgIpc) is 2.23. The van der Waals surface area contributed by atoms with Gasteiger partial charge in [0.25, 0.3) is 5.91 Å². The van der Waals surface area contributed by atoms with E-state index < -0.39 is 11.7 Å². The van der Waals surface area contributed by atoms with E-state index in [1.807, 2.05) is 0 Å². The van der Waals surface area contributed by atoms with Crippen LogP contribution in [0.4, 0.5) is 4.79 Å². The van der Waals surface area contributed by atoms with Crippen molar-refractivity contribution < 1.29 is 19.2 Å². The number of carbonyl (C=O) groups is 2. The fourth-order valence-corrected chi connectivity index (χ4v) is 0.675. The Morgan fingerprint density at radius 2 is 1.67 bits per heavy atom. The van der Waals surface area contributed by atoms with Gasteiger partial charge in [-0.1, -0.05) is 20.3 Å². The first-order valence-corrected chi connectivity index (χ1v) is 5.95. The summed E-state index contributed by atoms with van der Waals surface area (Å²) in [6.07, 6.45) is 0.625. The molecule has 6 nitrogen and oxygen atoms in total. The van der Waals surface area contributed by atoms with Gasteiger partial charge in [0.15, 0.2) is 0 Å². The number of nitrogens with zero attached hydrogens (tertiary/aromatic N) is 1. The fraction of sp³-hybridized carbons (Fsp3) is 0.833. The number of alkyl carbamates (subject to hydrolysis) is 1. The monoisotopic (exact) mass is 262 g/mol. The smallest absolute Gasteiger partial charge is 0.408 e. The number of likely N-dealkylation sites (N-methyl/N-ethyl adjacent to an activating group) is 1. The largest absolute Gasteiger partial charge is 0.444 e. The Kier molecular flexibility index (Phi) is 10.3. The van der Waals surface area contributed by atoms with Gasteiger partial charge < -0.3 is 10.1 Å². The van der Waals surface area contributed by atoms with E-state index in [-0.39, 0.29) is 12.5 Å². The number of hydrogen-bond acceptors (Lipinski definition) is 4. The van der Waals surface area contributed by atoms with E-state index in [0.717, 1.165) is 5.06 Å². The Morgan fingerprint density at radius 1 is 1.22 bits per heavy atom. The number of ether oxygens (including phenoxy) is 1. The summed E-state index contributed by atoms with van der Waals surface area (Å²) in [5.41, 5.74) is -0.569. The summed E-state index contributed by atoms with van der Waals surface area (Å²) in [4.78, 5) is 26.9. The summed E-state index contributed by atoms with van der Waals surface area (Å²) in [7, 11) is 2.82. The zero-order valence-corrected chi connectivity index (χ0v) is 12.5. The van der Waals surface area contributed by atoms with Crippen molar-refractivity contribution in [2.45, 2.75) is 46.6 Å². The predicted molar refractivity (Wildman–Crippen MR) is 70.0 cm³/mol. The lowest BCUT2D eigenvalue weighted by Gasteiger charge is -2.20. The highest BCUT2D eigenvalue weighted by atomic mass is 16.7. The normalized spacial score (nSPS) is 9.94. The van der Waals surface area contributed by atoms with Crippen LogP contribution in [0.15, 0.2) is 0 Å². The molecule has 0 unspecified atom stereocenters. The molecule has 1 N–H and O–H groups in total. The Bertz CT molecular complexity index is 249. The van der Waals surface area contributed by atoms with Crippen molar-refractivity contribution in [3.05, 3.63) is 0 Å². The lowest BCUT2D eigenvalue weighted by Crippen LogP contribution is -2.40. The Hall–Kier alpha value is -1.30. The standard InChI is InChI=1S/C9H18N2O4.C3H8/c1-9(2,3)15-8(13)10-6-7(12)11(4)14-5;1-3-2/h6H2,1-5H3,(H,10,13);3H2,1-2H3. The van der Waals surface area contributed by atoms with Gasteiger partial charge >= 0.3 is 6.09 Å². The molecule has 0 aromatic carbocycles. The molecule has 0 radical (unpaired) electrons. The molecule has 0 aliphatic carbocycles. The van der Waals surface area contributed by atoms with Crippen LogP contribution in [0.25, 0.3) is 0 Å². The molecule has 0 spiro atoms. The first-order chi connectivity index (χ1) is 8.17. The molecular formula is C12H26N2O4. The minimum Gasteiger partial charge on any atom is -0.444 e. The highest BCUT2D eigenvalue weighted by molar-refractivity contribution is 5.81. The minimum absolute atomic E-state index is 0.154. The van der Waals surface area contributed by atoms with E-state index in [2.05, 4.69) is 24.0 Å². The van der Waals surface area contributed by atoms with Gasteiger partial charge in [-0.3, -0.25) is 9.63 Å². The molecule has 0 aromatic rings. The Morgan fingerprint density at radius 3 is 2.00 bits per heavy atom. The molecule has 0 aromatic heterocycles. The second-order valence-corrected chi connectivity index (χ2v) is 4.64. The summed E-state index contributed by atoms with van der Waals surface area (Å²) in [5.74, 6) is -0.358. The first kappa shape index (κ1) is 19.0. The summed E-state index contributed by atoms with van der Waals surface area (Å²) in [6.45, 7) is 9.33. The maximum Gasteiger partial charge on any atom is 0.408 e. The molecule has 18 heavy (non-hydrogen) atoms. The second kappa shape index (κ2) is 9.70. The number of hydroxylamine groups is 2. The molecule has 0 fully saturated rings. The minimum atomic E-state index is -0.625. The van der Waals surface area contributed by atoms with Crippen molar-refractivity contribution in [3.63, 3.8) is 0 Å². The summed E-state index contributed by atoms with van der Waals surface area (Å²) >= 11 is 0. The molecular weight excluding hydrogens is 236 g/mol. The summed E-state index contributed by atoms with van der Waals surface area (Å²) < 4.78 is 4.94. The van der Waals surface area contributed by atoms with Gasteiger partial charge in [0, 0.05) is 7.05 Å². The van der Waals surface area contributed by atoms with Crippen LogP contribution in [-0.4, -0.2) is 43.4 Å². The number of rotatable bonds is 3. The van der Waals surface area contributed by atoms with Crippen LogP contribution in [0.2, 0.25) is 0 Å². The van der Waals surface area contributed by atoms with Crippen LogP contribution in [0, 0.1) is 0 Å². The molecule has 0 aliphatic heterocycles. The van der Waals surface area contributed by atoms with Crippen molar-refractivity contribution in [3.8, 4) is 0 Å². The molecule has 0 bridgehead atoms. The van der Waals surface area contributed by atoms with Crippen LogP contribution in [0.5, 0.6) is 0 Å². The van der Waals surface area contributed by atoms with Crippen LogP contribution < -0.4 is 5.32 Å². The lowest BCUT2D eigenvalue weighted by molar-refractivity contribution is -0.167. The van der Waals surface area contributed by atoms with Gasteiger partial charge in [-0.25, -0.2) is 9.86 Å². The van der Waals surface area contributed by atoms with Crippen LogP contribution in [0.3, 0.4) is 0 Å². The SMILES string of the molecule is CCC.CON(C)C(=O)CNC(=O)OC(C)(C)C. The quantitative estimate of drug-likeness (QED) is 0.789. The van der Waals surface area contributed by atoms with Gasteiger partial charge in [-0.2, -0.15) is 0 Å². The number of carbonyl (C=O) groups excluding carboxylic acids is 2. The molecule has 0 saturated carbocycles. The van der Waals surface area contributed by atoms with Crippen LogP contribution in [0.1, 0.15) is 41.0 Å². The fourth-order valence-electron chi connectivity index (χ4n) is 0.675. The summed E-state index contributed by atoms with van der Waals surface area (Å²) in [6, 6.07) is 0. The van der Waals surface area contributed by atoms with Gasteiger partial charge in [-0.05, 0) is 20.8 Å². The van der Waals surface area contributed by atoms with Crippen molar-refractivity contribution in [1.29, 1.82) is 0 Å². The average molecular weight is 262 g/mol. The van der Waals surface area contributed by atoms with Gasteiger partial charge in [-0.15, -0.1) is 0 Å². The number of amides is 2. The van der Waals surface area contributed by atoms with Gasteiger partial charge in [0.1, 0.15) is 12.1 Å². The number of nitrogens with one attached hydrogen (secondary N) is 1. The van der Waals surface area contributed by atoms with Crippen molar-refractivity contribution in [2.75, 3.05) is 20.7 Å². The van der Waals surface area contributed by atoms with Crippen LogP contribution in [-0.2, 0) is 14.4 Å². The molecule has 0 aliphatic rings. The molecule has 0 rings (SSSR count). The molecule has 0 heterocycles. The van der Waals surface area contributed by atoms with Crippen molar-refractivity contribution in [1.82, 2.24) is 10.4 Å². The van der Waals surface area contributed by atoms with E-state index in [9.17, 15) is 9.59 Å². The third kappa shape index (κ3) is 12.8. The summed E-state index contributed by atoms with van der Waals surface area (Å²) in [5, 5.41) is 3.35. The molecule has 0 saturated heterocycles. The van der Waals surface area contributed by atoms with E-state index in [0.29, 0.717) is 0 Å². The molecule has 0 atom stereocenters. The maximum absolute atomic E-state index is 11.2. The Labute approximate surface area is 110 Å². The third-order valence-electron chi connectivity index (χ3n) is 1.41. The van der Waals surface area contributed by atoms with E-state index in [1.54, 1.807) is 20.8 Å². The molecule has 108 valence electrons. The predicted octanol–water partition coefficient (Wildman–Crippen LogP) is 1.95. The highest BCUT2D eigenvalue weighted by Gasteiger charge is 2.17. The second-order valence-electron chi connectivity index (χ2n) is 4.64. The third-order valence-corrected chi connectivity index (χ3v) is 1.41. The van der Waals surface area contributed by atoms with E-state index in [1.165, 1.54) is 20.6 Å². The zero-order valence-electron chi connectivity index (χ0n) is 12.5. The molecule has 6 heteroatoms. The van der Waals surface area contributed by atoms with Crippen molar-refractivity contribution in [2.24, 2.45) is 0 Å². The van der Waals surface area contributed by atoms with Crippen molar-refractivity contribution >= 4 is 12.0 Å². The van der Waals surface area contributed by atoms with Gasteiger partial charge in [0.05, 0.1) is 7.11 Å². The first-order valence-electron chi connectivity index (χ1n) is 5.95. The molecule has 2 amide bonds. The van der Waals surface area contributed by atoms with E-state index in [4.69, 9.17) is 4.74 Å². The number of hydrogen-bond donors (Lipinski definition) is 1. The van der Waals surface area contributed by atoms with Crippen LogP contribution >= 0.6 is 0 Å². The Balaban J connectivity index is 0.